The lowest BCUT2D eigenvalue weighted by Gasteiger charge is -2.01. The molecular formula is C11H12BrN3O2. The van der Waals surface area contributed by atoms with Crippen LogP contribution < -0.4 is 5.73 Å². The summed E-state index contributed by atoms with van der Waals surface area (Å²) in [5.41, 5.74) is 7.25. The van der Waals surface area contributed by atoms with Crippen LogP contribution in [0.15, 0.2) is 27.2 Å². The van der Waals surface area contributed by atoms with E-state index in [9.17, 15) is 0 Å². The van der Waals surface area contributed by atoms with Gasteiger partial charge in [-0.1, -0.05) is 11.2 Å². The molecule has 1 aromatic heterocycles. The summed E-state index contributed by atoms with van der Waals surface area (Å²) in [6.07, 6.45) is 0.619. The lowest BCUT2D eigenvalue weighted by molar-refractivity contribution is 0.199. The summed E-state index contributed by atoms with van der Waals surface area (Å²) in [4.78, 5) is 4.26. The van der Waals surface area contributed by atoms with E-state index in [1.807, 2.05) is 18.2 Å². The van der Waals surface area contributed by atoms with Crippen molar-refractivity contribution in [3.8, 4) is 11.5 Å². The van der Waals surface area contributed by atoms with Crippen LogP contribution in [0.2, 0.25) is 0 Å². The maximum Gasteiger partial charge on any atom is 0.260 e. The molecule has 0 saturated heterocycles. The zero-order valence-corrected chi connectivity index (χ0v) is 10.9. The van der Waals surface area contributed by atoms with Gasteiger partial charge in [-0.25, -0.2) is 0 Å². The number of para-hydroxylation sites is 1. The lowest BCUT2D eigenvalue weighted by atomic mass is 10.2. The lowest BCUT2D eigenvalue weighted by Crippen LogP contribution is -1.96. The van der Waals surface area contributed by atoms with Gasteiger partial charge in [-0.2, -0.15) is 4.98 Å². The van der Waals surface area contributed by atoms with Crippen LogP contribution in [-0.4, -0.2) is 23.9 Å². The van der Waals surface area contributed by atoms with Gasteiger partial charge < -0.3 is 15.0 Å². The van der Waals surface area contributed by atoms with Crippen molar-refractivity contribution in [2.24, 2.45) is 0 Å². The number of rotatable bonds is 4. The molecule has 6 heteroatoms. The van der Waals surface area contributed by atoms with Gasteiger partial charge in [-0.05, 0) is 28.1 Å². The minimum Gasteiger partial charge on any atom is -0.397 e. The Morgan fingerprint density at radius 3 is 3.06 bits per heavy atom. The zero-order valence-electron chi connectivity index (χ0n) is 9.31. The maximum atomic E-state index is 5.92. The summed E-state index contributed by atoms with van der Waals surface area (Å²) in [5.74, 6) is 1.04. The monoisotopic (exact) mass is 297 g/mol. The van der Waals surface area contributed by atoms with Crippen molar-refractivity contribution in [3.63, 3.8) is 0 Å². The first-order valence-electron chi connectivity index (χ1n) is 5.08. The fourth-order valence-electron chi connectivity index (χ4n) is 1.38. The van der Waals surface area contributed by atoms with E-state index in [1.165, 1.54) is 0 Å². The molecule has 1 aromatic carbocycles. The van der Waals surface area contributed by atoms with E-state index in [4.69, 9.17) is 15.0 Å². The second-order valence-corrected chi connectivity index (χ2v) is 4.31. The number of ether oxygens (including phenoxy) is 1. The molecule has 0 aliphatic rings. The third kappa shape index (κ3) is 2.65. The first-order chi connectivity index (χ1) is 8.22. The highest BCUT2D eigenvalue weighted by molar-refractivity contribution is 9.10. The summed E-state index contributed by atoms with van der Waals surface area (Å²) >= 11 is 3.36. The second-order valence-electron chi connectivity index (χ2n) is 3.46. The smallest absolute Gasteiger partial charge is 0.260 e. The second kappa shape index (κ2) is 5.29. The van der Waals surface area contributed by atoms with Crippen LogP contribution in [0.25, 0.3) is 11.5 Å². The van der Waals surface area contributed by atoms with Gasteiger partial charge in [0.1, 0.15) is 0 Å². The molecule has 0 saturated carbocycles. The number of benzene rings is 1. The molecule has 0 fully saturated rings. The number of aromatic nitrogens is 2. The molecule has 2 rings (SSSR count). The molecule has 0 aliphatic carbocycles. The van der Waals surface area contributed by atoms with E-state index < -0.39 is 0 Å². The van der Waals surface area contributed by atoms with Crippen LogP contribution in [0.3, 0.4) is 0 Å². The van der Waals surface area contributed by atoms with Crippen molar-refractivity contribution in [2.45, 2.75) is 6.42 Å². The predicted octanol–water partition coefficient (Wildman–Crippen LogP) is 2.27. The normalized spacial score (nSPS) is 10.7. The number of nitrogen functional groups attached to an aromatic ring is 1. The zero-order chi connectivity index (χ0) is 12.3. The summed E-state index contributed by atoms with van der Waals surface area (Å²) in [6, 6.07) is 5.57. The molecule has 0 amide bonds. The van der Waals surface area contributed by atoms with E-state index in [2.05, 4.69) is 26.1 Å². The molecule has 0 atom stereocenters. The van der Waals surface area contributed by atoms with Crippen LogP contribution >= 0.6 is 15.9 Å². The van der Waals surface area contributed by atoms with Crippen molar-refractivity contribution in [1.82, 2.24) is 10.1 Å². The highest BCUT2D eigenvalue weighted by Crippen LogP contribution is 2.30. The SMILES string of the molecule is COCCc1noc(-c2cccc(Br)c2N)n1. The molecule has 0 unspecified atom stereocenters. The quantitative estimate of drug-likeness (QED) is 0.876. The summed E-state index contributed by atoms with van der Waals surface area (Å²) in [5, 5.41) is 3.86. The van der Waals surface area contributed by atoms with Crippen molar-refractivity contribution >= 4 is 21.6 Å². The minimum atomic E-state index is 0.426. The highest BCUT2D eigenvalue weighted by atomic mass is 79.9. The molecule has 2 N–H and O–H groups in total. The Labute approximate surface area is 107 Å². The van der Waals surface area contributed by atoms with E-state index in [-0.39, 0.29) is 0 Å². The summed E-state index contributed by atoms with van der Waals surface area (Å²) in [7, 11) is 1.63. The topological polar surface area (TPSA) is 74.2 Å². The van der Waals surface area contributed by atoms with Gasteiger partial charge in [0.15, 0.2) is 5.82 Å². The number of methoxy groups -OCH3 is 1. The number of anilines is 1. The van der Waals surface area contributed by atoms with Crippen LogP contribution in [0.4, 0.5) is 5.69 Å². The molecule has 1 heterocycles. The molecule has 0 aliphatic heterocycles. The molecule has 17 heavy (non-hydrogen) atoms. The van der Waals surface area contributed by atoms with E-state index in [0.717, 1.165) is 10.0 Å². The standard InChI is InChI=1S/C11H12BrN3O2/c1-16-6-5-9-14-11(17-15-9)7-3-2-4-8(12)10(7)13/h2-4H,5-6,13H2,1H3. The number of halogens is 1. The molecule has 90 valence electrons. The predicted molar refractivity (Wildman–Crippen MR) is 67.4 cm³/mol. The average molecular weight is 298 g/mol. The van der Waals surface area contributed by atoms with E-state index in [1.54, 1.807) is 7.11 Å². The van der Waals surface area contributed by atoms with Gasteiger partial charge >= 0.3 is 0 Å². The fraction of sp³-hybridized carbons (Fsp3) is 0.273. The van der Waals surface area contributed by atoms with Crippen LogP contribution in [0.5, 0.6) is 0 Å². The van der Waals surface area contributed by atoms with Crippen LogP contribution in [-0.2, 0) is 11.2 Å². The Balaban J connectivity index is 2.27. The number of nitrogens with zero attached hydrogens (tertiary/aromatic N) is 2. The fourth-order valence-corrected chi connectivity index (χ4v) is 1.75. The summed E-state index contributed by atoms with van der Waals surface area (Å²) in [6.45, 7) is 0.562. The molecule has 0 radical (unpaired) electrons. The van der Waals surface area contributed by atoms with Gasteiger partial charge in [0.25, 0.3) is 5.89 Å². The highest BCUT2D eigenvalue weighted by Gasteiger charge is 2.12. The van der Waals surface area contributed by atoms with Crippen LogP contribution in [0.1, 0.15) is 5.82 Å². The molecule has 5 nitrogen and oxygen atoms in total. The van der Waals surface area contributed by atoms with Gasteiger partial charge in [-0.15, -0.1) is 0 Å². The van der Waals surface area contributed by atoms with Crippen molar-refractivity contribution in [1.29, 1.82) is 0 Å². The Kier molecular flexibility index (Phi) is 3.75. The number of nitrogens with two attached hydrogens (primary N) is 1. The first-order valence-corrected chi connectivity index (χ1v) is 5.87. The third-order valence-corrected chi connectivity index (χ3v) is 2.97. The van der Waals surface area contributed by atoms with E-state index in [0.29, 0.717) is 30.4 Å². The van der Waals surface area contributed by atoms with Crippen molar-refractivity contribution < 1.29 is 9.26 Å². The Hall–Kier alpha value is -1.40. The average Bonchev–Trinajstić information content (AvgIpc) is 2.78. The molecule has 2 aromatic rings. The van der Waals surface area contributed by atoms with Gasteiger partial charge in [0.05, 0.1) is 17.9 Å². The molecular weight excluding hydrogens is 286 g/mol. The van der Waals surface area contributed by atoms with Crippen molar-refractivity contribution in [3.05, 3.63) is 28.5 Å². The number of hydrogen-bond acceptors (Lipinski definition) is 5. The van der Waals surface area contributed by atoms with Gasteiger partial charge in [-0.3, -0.25) is 0 Å². The van der Waals surface area contributed by atoms with Gasteiger partial charge in [0, 0.05) is 18.0 Å². The first kappa shape index (κ1) is 12.1. The minimum absolute atomic E-state index is 0.426. The molecule has 0 bridgehead atoms. The molecule has 0 spiro atoms. The van der Waals surface area contributed by atoms with Crippen LogP contribution in [0, 0.1) is 0 Å². The Bertz CT molecular complexity index is 513. The largest absolute Gasteiger partial charge is 0.397 e. The Morgan fingerprint density at radius 1 is 1.47 bits per heavy atom. The van der Waals surface area contributed by atoms with Crippen molar-refractivity contribution in [2.75, 3.05) is 19.5 Å². The van der Waals surface area contributed by atoms with E-state index >= 15 is 0 Å². The number of hydrogen-bond donors (Lipinski definition) is 1. The summed E-state index contributed by atoms with van der Waals surface area (Å²) < 4.78 is 10.9. The Morgan fingerprint density at radius 2 is 2.29 bits per heavy atom. The maximum absolute atomic E-state index is 5.92. The third-order valence-electron chi connectivity index (χ3n) is 2.28. The van der Waals surface area contributed by atoms with Gasteiger partial charge in [0.2, 0.25) is 0 Å².